The summed E-state index contributed by atoms with van der Waals surface area (Å²) in [6.45, 7) is 0. The molecule has 0 amide bonds. The average Bonchev–Trinajstić information content (AvgIpc) is 2.77. The van der Waals surface area contributed by atoms with Crippen molar-refractivity contribution in [2.24, 2.45) is 7.05 Å². The van der Waals surface area contributed by atoms with E-state index in [0.717, 1.165) is 16.5 Å². The Morgan fingerprint density at radius 2 is 2.43 bits per heavy atom. The number of nitrogens with zero attached hydrogens (tertiary/aromatic N) is 4. The lowest BCUT2D eigenvalue weighted by Gasteiger charge is -1.98. The number of nitrogens with one attached hydrogen (secondary N) is 1. The van der Waals surface area contributed by atoms with Gasteiger partial charge in [-0.1, -0.05) is 11.8 Å². The standard InChI is InChI=1S/C7H10N6S/c1-13-6(8)11-12-7(13)14-4-5-2-9-10-3-5/h2-3H,4H2,1H3,(H2,8,11)(H,9,10). The SMILES string of the molecule is Cn1c(N)nnc1SCc1cn[nH]c1. The van der Waals surface area contributed by atoms with Gasteiger partial charge < -0.3 is 5.73 Å². The highest BCUT2D eigenvalue weighted by atomic mass is 32.2. The van der Waals surface area contributed by atoms with Crippen LogP contribution in [0.3, 0.4) is 0 Å². The molecule has 6 nitrogen and oxygen atoms in total. The summed E-state index contributed by atoms with van der Waals surface area (Å²) in [5, 5.41) is 15.1. The maximum atomic E-state index is 5.55. The zero-order valence-corrected chi connectivity index (χ0v) is 8.45. The number of aromatic amines is 1. The van der Waals surface area contributed by atoms with Gasteiger partial charge in [0.05, 0.1) is 6.20 Å². The van der Waals surface area contributed by atoms with Crippen molar-refractivity contribution in [3.8, 4) is 0 Å². The fraction of sp³-hybridized carbons (Fsp3) is 0.286. The van der Waals surface area contributed by atoms with Crippen LogP contribution in [-0.2, 0) is 12.8 Å². The third-order valence-corrected chi connectivity index (χ3v) is 2.88. The van der Waals surface area contributed by atoms with Crippen molar-refractivity contribution in [2.45, 2.75) is 10.9 Å². The number of nitrogen functional groups attached to an aromatic ring is 1. The molecule has 2 aromatic heterocycles. The van der Waals surface area contributed by atoms with E-state index in [1.807, 2.05) is 13.2 Å². The number of rotatable bonds is 3. The van der Waals surface area contributed by atoms with Crippen LogP contribution in [0, 0.1) is 0 Å². The Morgan fingerprint density at radius 1 is 1.57 bits per heavy atom. The van der Waals surface area contributed by atoms with E-state index in [-0.39, 0.29) is 0 Å². The van der Waals surface area contributed by atoms with E-state index in [1.54, 1.807) is 22.5 Å². The van der Waals surface area contributed by atoms with E-state index < -0.39 is 0 Å². The summed E-state index contributed by atoms with van der Waals surface area (Å²) in [4.78, 5) is 0. The van der Waals surface area contributed by atoms with Crippen LogP contribution in [0.5, 0.6) is 0 Å². The molecule has 2 rings (SSSR count). The molecule has 2 heterocycles. The normalized spacial score (nSPS) is 10.6. The maximum Gasteiger partial charge on any atom is 0.222 e. The highest BCUT2D eigenvalue weighted by Crippen LogP contribution is 2.20. The van der Waals surface area contributed by atoms with Crippen LogP contribution >= 0.6 is 11.8 Å². The Kier molecular flexibility index (Phi) is 2.40. The quantitative estimate of drug-likeness (QED) is 0.717. The van der Waals surface area contributed by atoms with E-state index in [1.165, 1.54) is 0 Å². The van der Waals surface area contributed by atoms with Crippen molar-refractivity contribution in [1.29, 1.82) is 0 Å². The molecule has 0 saturated heterocycles. The highest BCUT2D eigenvalue weighted by molar-refractivity contribution is 7.98. The van der Waals surface area contributed by atoms with Gasteiger partial charge in [-0.3, -0.25) is 9.67 Å². The number of thioether (sulfide) groups is 1. The smallest absolute Gasteiger partial charge is 0.222 e. The van der Waals surface area contributed by atoms with Gasteiger partial charge in [0.15, 0.2) is 5.16 Å². The zero-order chi connectivity index (χ0) is 9.97. The first-order chi connectivity index (χ1) is 6.77. The first kappa shape index (κ1) is 9.07. The van der Waals surface area contributed by atoms with Gasteiger partial charge in [-0.05, 0) is 0 Å². The lowest BCUT2D eigenvalue weighted by atomic mass is 10.4. The van der Waals surface area contributed by atoms with Gasteiger partial charge in [0, 0.05) is 24.6 Å². The van der Waals surface area contributed by atoms with Crippen LogP contribution in [-0.4, -0.2) is 25.0 Å². The van der Waals surface area contributed by atoms with Crippen molar-refractivity contribution in [3.63, 3.8) is 0 Å². The topological polar surface area (TPSA) is 85.4 Å². The van der Waals surface area contributed by atoms with Crippen molar-refractivity contribution < 1.29 is 0 Å². The minimum atomic E-state index is 0.430. The van der Waals surface area contributed by atoms with Gasteiger partial charge in [-0.25, -0.2) is 0 Å². The third kappa shape index (κ3) is 1.72. The Morgan fingerprint density at radius 3 is 3.00 bits per heavy atom. The Labute approximate surface area is 84.9 Å². The van der Waals surface area contributed by atoms with Crippen molar-refractivity contribution in [2.75, 3.05) is 5.73 Å². The van der Waals surface area contributed by atoms with Crippen LogP contribution in [0.15, 0.2) is 17.6 Å². The maximum absolute atomic E-state index is 5.55. The van der Waals surface area contributed by atoms with Gasteiger partial charge in [0.2, 0.25) is 5.95 Å². The molecule has 2 aromatic rings. The van der Waals surface area contributed by atoms with Gasteiger partial charge in [0.25, 0.3) is 0 Å². The number of hydrogen-bond donors (Lipinski definition) is 2. The lowest BCUT2D eigenvalue weighted by molar-refractivity contribution is 0.796. The molecule has 0 aromatic carbocycles. The fourth-order valence-electron chi connectivity index (χ4n) is 0.956. The number of nitrogens with two attached hydrogens (primary N) is 1. The molecule has 0 radical (unpaired) electrons. The van der Waals surface area contributed by atoms with Gasteiger partial charge >= 0.3 is 0 Å². The van der Waals surface area contributed by atoms with Crippen LogP contribution in [0.25, 0.3) is 0 Å². The first-order valence-electron chi connectivity index (χ1n) is 4.02. The van der Waals surface area contributed by atoms with Crippen molar-refractivity contribution in [1.82, 2.24) is 25.0 Å². The molecule has 74 valence electrons. The first-order valence-corrected chi connectivity index (χ1v) is 5.01. The molecule has 0 aliphatic carbocycles. The molecule has 0 spiro atoms. The third-order valence-electron chi connectivity index (χ3n) is 1.79. The molecule has 7 heteroatoms. The molecule has 0 atom stereocenters. The second kappa shape index (κ2) is 3.70. The summed E-state index contributed by atoms with van der Waals surface area (Å²) in [5.74, 6) is 1.24. The van der Waals surface area contributed by atoms with Crippen LogP contribution < -0.4 is 5.73 Å². The van der Waals surface area contributed by atoms with Gasteiger partial charge in [0.1, 0.15) is 0 Å². The lowest BCUT2D eigenvalue weighted by Crippen LogP contribution is -1.97. The molecule has 0 fully saturated rings. The molecule has 0 aliphatic rings. The van der Waals surface area contributed by atoms with Crippen molar-refractivity contribution in [3.05, 3.63) is 18.0 Å². The number of hydrogen-bond acceptors (Lipinski definition) is 5. The Balaban J connectivity index is 2.02. The Bertz CT molecular complexity index is 406. The van der Waals surface area contributed by atoms with E-state index in [4.69, 9.17) is 5.73 Å². The molecule has 0 unspecified atom stereocenters. The van der Waals surface area contributed by atoms with Crippen LogP contribution in [0.4, 0.5) is 5.95 Å². The Hall–Kier alpha value is -1.50. The predicted molar refractivity (Wildman–Crippen MR) is 53.6 cm³/mol. The summed E-state index contributed by atoms with van der Waals surface area (Å²) < 4.78 is 1.75. The summed E-state index contributed by atoms with van der Waals surface area (Å²) in [7, 11) is 1.84. The van der Waals surface area contributed by atoms with Gasteiger partial charge in [-0.2, -0.15) is 5.10 Å². The summed E-state index contributed by atoms with van der Waals surface area (Å²) in [5.41, 5.74) is 6.67. The minimum Gasteiger partial charge on any atom is -0.368 e. The number of aromatic nitrogens is 5. The second-order valence-corrected chi connectivity index (χ2v) is 3.74. The molecule has 0 aliphatic heterocycles. The molecule has 0 saturated carbocycles. The number of anilines is 1. The van der Waals surface area contributed by atoms with E-state index in [0.29, 0.717) is 5.95 Å². The summed E-state index contributed by atoms with van der Waals surface area (Å²) in [6.07, 6.45) is 3.64. The molecule has 0 bridgehead atoms. The van der Waals surface area contributed by atoms with Crippen molar-refractivity contribution >= 4 is 17.7 Å². The monoisotopic (exact) mass is 210 g/mol. The molecular weight excluding hydrogens is 200 g/mol. The average molecular weight is 210 g/mol. The van der Waals surface area contributed by atoms with E-state index >= 15 is 0 Å². The fourth-order valence-corrected chi connectivity index (χ4v) is 1.80. The highest BCUT2D eigenvalue weighted by Gasteiger charge is 2.06. The zero-order valence-electron chi connectivity index (χ0n) is 7.64. The predicted octanol–water partition coefficient (Wildman–Crippen LogP) is 0.413. The summed E-state index contributed by atoms with van der Waals surface area (Å²) in [6, 6.07) is 0. The summed E-state index contributed by atoms with van der Waals surface area (Å²) >= 11 is 1.57. The van der Waals surface area contributed by atoms with E-state index in [2.05, 4.69) is 20.4 Å². The minimum absolute atomic E-state index is 0.430. The largest absolute Gasteiger partial charge is 0.368 e. The van der Waals surface area contributed by atoms with Crippen LogP contribution in [0.2, 0.25) is 0 Å². The second-order valence-electron chi connectivity index (χ2n) is 2.80. The molecule has 14 heavy (non-hydrogen) atoms. The van der Waals surface area contributed by atoms with Gasteiger partial charge in [-0.15, -0.1) is 10.2 Å². The molecule has 3 N–H and O–H groups in total. The molecular formula is C7H10N6S. The van der Waals surface area contributed by atoms with E-state index in [9.17, 15) is 0 Å². The number of H-pyrrole nitrogens is 1. The van der Waals surface area contributed by atoms with Crippen LogP contribution in [0.1, 0.15) is 5.56 Å².